The third-order valence-electron chi connectivity index (χ3n) is 6.85. The maximum absolute atomic E-state index is 13.6. The molecule has 4 heterocycles. The van der Waals surface area contributed by atoms with Gasteiger partial charge in [0.15, 0.2) is 28.7 Å². The van der Waals surface area contributed by atoms with Gasteiger partial charge in [-0.1, -0.05) is 40.2 Å². The van der Waals surface area contributed by atoms with Crippen molar-refractivity contribution in [1.82, 2.24) is 19.6 Å². The van der Waals surface area contributed by atoms with Gasteiger partial charge < -0.3 is 18.6 Å². The summed E-state index contributed by atoms with van der Waals surface area (Å²) in [6, 6.07) is 18.7. The molecule has 0 saturated heterocycles. The predicted octanol–water partition coefficient (Wildman–Crippen LogP) is 6.73. The molecule has 9 nitrogen and oxygen atoms in total. The summed E-state index contributed by atoms with van der Waals surface area (Å²) in [7, 11) is 3.12. The molecule has 0 spiro atoms. The lowest BCUT2D eigenvalue weighted by molar-refractivity contribution is 0.352. The Morgan fingerprint density at radius 1 is 0.975 bits per heavy atom. The minimum absolute atomic E-state index is 0.321. The molecule has 198 valence electrons. The molecule has 3 aromatic carbocycles. The summed E-state index contributed by atoms with van der Waals surface area (Å²) in [6.07, 6.45) is 1.56. The molecule has 1 aliphatic heterocycles. The summed E-state index contributed by atoms with van der Waals surface area (Å²) in [5.41, 5.74) is 2.85. The number of hydrogen-bond donors (Lipinski definition) is 0. The summed E-state index contributed by atoms with van der Waals surface area (Å²) in [5.74, 6) is 1.56. The fraction of sp³-hybridized carbons (Fsp3) is 0.103. The SMILES string of the molecule is COc1cc(C2c3c(c4ccccc4oc3=O)Oc3ncn4nc(-c5ccc(Br)cc5)nc4c32)cc(Br)c1OC. The highest BCUT2D eigenvalue weighted by Crippen LogP contribution is 2.50. The van der Waals surface area contributed by atoms with Crippen LogP contribution in [-0.4, -0.2) is 33.8 Å². The van der Waals surface area contributed by atoms with Gasteiger partial charge in [-0.25, -0.2) is 19.3 Å². The normalized spacial score (nSPS) is 14.1. The first-order valence-corrected chi connectivity index (χ1v) is 13.7. The number of halogens is 2. The van der Waals surface area contributed by atoms with Crippen molar-refractivity contribution in [3.63, 3.8) is 0 Å². The van der Waals surface area contributed by atoms with Crippen molar-refractivity contribution in [2.45, 2.75) is 5.92 Å². The summed E-state index contributed by atoms with van der Waals surface area (Å²) in [4.78, 5) is 23.1. The molecule has 0 radical (unpaired) electrons. The molecule has 0 aliphatic carbocycles. The number of para-hydroxylation sites is 1. The molecule has 0 saturated carbocycles. The Hall–Kier alpha value is -4.22. The number of aromatic nitrogens is 4. The van der Waals surface area contributed by atoms with Gasteiger partial charge in [0.25, 0.3) is 0 Å². The summed E-state index contributed by atoms with van der Waals surface area (Å²) >= 11 is 7.07. The van der Waals surface area contributed by atoms with Crippen LogP contribution in [0, 0.1) is 0 Å². The molecule has 0 bridgehead atoms. The average molecular weight is 662 g/mol. The fourth-order valence-corrected chi connectivity index (χ4v) is 5.97. The van der Waals surface area contributed by atoms with E-state index in [9.17, 15) is 4.79 Å². The monoisotopic (exact) mass is 660 g/mol. The molecule has 0 fully saturated rings. The van der Waals surface area contributed by atoms with E-state index in [0.29, 0.717) is 61.2 Å². The number of nitrogens with zero attached hydrogens (tertiary/aromatic N) is 4. The lowest BCUT2D eigenvalue weighted by Gasteiger charge is -2.28. The molecule has 0 amide bonds. The van der Waals surface area contributed by atoms with Crippen LogP contribution in [0.5, 0.6) is 23.1 Å². The van der Waals surface area contributed by atoms with Gasteiger partial charge in [-0.15, -0.1) is 5.10 Å². The summed E-state index contributed by atoms with van der Waals surface area (Å²) in [6.45, 7) is 0. The van der Waals surface area contributed by atoms with Crippen LogP contribution in [0.4, 0.5) is 0 Å². The molecular formula is C29H18Br2N4O5. The Kier molecular flexibility index (Phi) is 5.86. The van der Waals surface area contributed by atoms with Crippen molar-refractivity contribution in [1.29, 1.82) is 0 Å². The molecule has 1 aliphatic rings. The van der Waals surface area contributed by atoms with Crippen LogP contribution in [0.1, 0.15) is 22.6 Å². The van der Waals surface area contributed by atoms with Crippen molar-refractivity contribution in [2.24, 2.45) is 0 Å². The zero-order valence-electron chi connectivity index (χ0n) is 21.0. The number of ether oxygens (including phenoxy) is 3. The van der Waals surface area contributed by atoms with E-state index >= 15 is 0 Å². The van der Waals surface area contributed by atoms with E-state index in [0.717, 1.165) is 15.6 Å². The molecule has 1 unspecified atom stereocenters. The first kappa shape index (κ1) is 24.8. The van der Waals surface area contributed by atoms with Crippen molar-refractivity contribution in [3.8, 4) is 34.5 Å². The topological polar surface area (TPSA) is 101 Å². The van der Waals surface area contributed by atoms with Crippen LogP contribution in [0.3, 0.4) is 0 Å². The lowest BCUT2D eigenvalue weighted by atomic mass is 9.84. The highest BCUT2D eigenvalue weighted by Gasteiger charge is 2.38. The Labute approximate surface area is 243 Å². The van der Waals surface area contributed by atoms with E-state index in [1.807, 2.05) is 48.5 Å². The molecule has 40 heavy (non-hydrogen) atoms. The lowest BCUT2D eigenvalue weighted by Crippen LogP contribution is -2.22. The van der Waals surface area contributed by atoms with Gasteiger partial charge in [-0.3, -0.25) is 0 Å². The van der Waals surface area contributed by atoms with E-state index < -0.39 is 11.5 Å². The predicted molar refractivity (Wildman–Crippen MR) is 155 cm³/mol. The molecule has 0 N–H and O–H groups in total. The third-order valence-corrected chi connectivity index (χ3v) is 7.97. The van der Waals surface area contributed by atoms with E-state index in [-0.39, 0.29) is 0 Å². The molecule has 3 aromatic heterocycles. The van der Waals surface area contributed by atoms with Gasteiger partial charge in [0.2, 0.25) is 5.88 Å². The van der Waals surface area contributed by atoms with Crippen LogP contribution >= 0.6 is 31.9 Å². The Balaban J connectivity index is 1.55. The van der Waals surface area contributed by atoms with Gasteiger partial charge in [-0.2, -0.15) is 0 Å². The summed E-state index contributed by atoms with van der Waals surface area (Å²) < 4.78 is 26.5. The van der Waals surface area contributed by atoms with Crippen LogP contribution in [0.25, 0.3) is 28.0 Å². The quantitative estimate of drug-likeness (QED) is 0.192. The number of fused-ring (bicyclic) bond motifs is 6. The zero-order chi connectivity index (χ0) is 27.5. The number of hydrogen-bond acceptors (Lipinski definition) is 8. The molecule has 1 atom stereocenters. The highest BCUT2D eigenvalue weighted by atomic mass is 79.9. The van der Waals surface area contributed by atoms with Gasteiger partial charge in [-0.05, 0) is 57.9 Å². The Morgan fingerprint density at radius 3 is 2.55 bits per heavy atom. The second-order valence-corrected chi connectivity index (χ2v) is 10.8. The van der Waals surface area contributed by atoms with Crippen molar-refractivity contribution >= 4 is 48.5 Å². The average Bonchev–Trinajstić information content (AvgIpc) is 3.41. The van der Waals surface area contributed by atoms with Crippen LogP contribution < -0.4 is 19.8 Å². The first-order chi connectivity index (χ1) is 19.5. The van der Waals surface area contributed by atoms with Gasteiger partial charge in [0.05, 0.1) is 41.1 Å². The van der Waals surface area contributed by atoms with E-state index in [1.165, 1.54) is 0 Å². The van der Waals surface area contributed by atoms with Crippen molar-refractivity contribution < 1.29 is 18.6 Å². The molecule has 7 rings (SSSR count). The van der Waals surface area contributed by atoms with Gasteiger partial charge >= 0.3 is 5.63 Å². The van der Waals surface area contributed by atoms with Crippen molar-refractivity contribution in [2.75, 3.05) is 14.2 Å². The minimum atomic E-state index is -0.672. The molecule has 11 heteroatoms. The maximum atomic E-state index is 13.6. The summed E-state index contributed by atoms with van der Waals surface area (Å²) in [5, 5.41) is 5.33. The largest absolute Gasteiger partial charge is 0.493 e. The van der Waals surface area contributed by atoms with E-state index in [4.69, 9.17) is 23.6 Å². The van der Waals surface area contributed by atoms with Gasteiger partial charge in [0.1, 0.15) is 11.9 Å². The van der Waals surface area contributed by atoms with Gasteiger partial charge in [0, 0.05) is 10.0 Å². The van der Waals surface area contributed by atoms with E-state index in [2.05, 4.69) is 41.9 Å². The molecule has 6 aromatic rings. The Bertz CT molecular complexity index is 2020. The highest BCUT2D eigenvalue weighted by molar-refractivity contribution is 9.10. The Morgan fingerprint density at radius 2 is 1.77 bits per heavy atom. The van der Waals surface area contributed by atoms with Crippen LogP contribution in [0.2, 0.25) is 0 Å². The second kappa shape index (κ2) is 9.46. The van der Waals surface area contributed by atoms with E-state index in [1.54, 1.807) is 37.2 Å². The zero-order valence-corrected chi connectivity index (χ0v) is 24.2. The smallest absolute Gasteiger partial charge is 0.344 e. The van der Waals surface area contributed by atoms with Crippen LogP contribution in [-0.2, 0) is 0 Å². The minimum Gasteiger partial charge on any atom is -0.493 e. The van der Waals surface area contributed by atoms with Crippen molar-refractivity contribution in [3.05, 3.63) is 103 Å². The van der Waals surface area contributed by atoms with Crippen LogP contribution in [0.15, 0.2) is 85.1 Å². The number of rotatable bonds is 4. The standard InChI is InChI=1S/C29H18Br2N4O5/c1-37-20-12-15(11-18(31)25(20)38-2)21-22-24(17-5-3-4-6-19(17)39-29(22)36)40-28-23(21)27-33-26(34-35(27)13-32-28)14-7-9-16(30)10-8-14/h3-13,21H,1-2H3. The number of benzene rings is 3. The first-order valence-electron chi connectivity index (χ1n) is 12.1. The fourth-order valence-electron chi connectivity index (χ4n) is 5.09. The number of methoxy groups -OCH3 is 2. The maximum Gasteiger partial charge on any atom is 0.344 e. The third kappa shape index (κ3) is 3.80. The molecular weight excluding hydrogens is 644 g/mol. The second-order valence-electron chi connectivity index (χ2n) is 9.08.